The molecule has 0 spiro atoms. The molecular weight excluding hydrogens is 236 g/mol. The van der Waals surface area contributed by atoms with E-state index in [4.69, 9.17) is 16.3 Å². The van der Waals surface area contributed by atoms with E-state index in [-0.39, 0.29) is 12.2 Å². The lowest BCUT2D eigenvalue weighted by atomic mass is 10.1. The molecule has 0 amide bonds. The third-order valence-corrected chi connectivity index (χ3v) is 3.95. The van der Waals surface area contributed by atoms with Gasteiger partial charge in [-0.25, -0.2) is 0 Å². The van der Waals surface area contributed by atoms with Crippen molar-refractivity contribution < 1.29 is 4.74 Å². The van der Waals surface area contributed by atoms with Crippen LogP contribution in [0, 0.1) is 0 Å². The molecule has 16 heavy (non-hydrogen) atoms. The van der Waals surface area contributed by atoms with Crippen LogP contribution in [0.4, 0.5) is 0 Å². The first-order chi connectivity index (χ1) is 7.46. The van der Waals surface area contributed by atoms with E-state index in [0.717, 1.165) is 5.02 Å². The highest BCUT2D eigenvalue weighted by atomic mass is 35.5. The van der Waals surface area contributed by atoms with Gasteiger partial charge in [-0.15, -0.1) is 0 Å². The maximum Gasteiger partial charge on any atom is 0.113 e. The number of epoxide rings is 1. The average molecular weight is 253 g/mol. The number of rotatable bonds is 3. The molecule has 0 unspecified atom stereocenters. The Kier molecular flexibility index (Phi) is 3.24. The lowest BCUT2D eigenvalue weighted by molar-refractivity contribution is 0.394. The van der Waals surface area contributed by atoms with Gasteiger partial charge in [0.15, 0.2) is 0 Å². The summed E-state index contributed by atoms with van der Waals surface area (Å²) in [6.45, 7) is 6.97. The molecule has 1 aromatic rings. The predicted octanol–water partition coefficient (Wildman–Crippen LogP) is 4.21. The van der Waals surface area contributed by atoms with E-state index in [1.165, 1.54) is 5.56 Å². The first kappa shape index (κ1) is 11.9. The summed E-state index contributed by atoms with van der Waals surface area (Å²) in [6.07, 6.45) is 2.73. The summed E-state index contributed by atoms with van der Waals surface area (Å²) in [6, 6.07) is 7.90. The Morgan fingerprint density at radius 2 is 1.81 bits per heavy atom. The van der Waals surface area contributed by atoms with E-state index in [9.17, 15) is 0 Å². The van der Waals surface area contributed by atoms with Crippen molar-refractivity contribution in [3.05, 3.63) is 46.6 Å². The van der Waals surface area contributed by atoms with Gasteiger partial charge >= 0.3 is 0 Å². The lowest BCUT2D eigenvalue weighted by Gasteiger charge is -2.07. The summed E-state index contributed by atoms with van der Waals surface area (Å²) in [5, 5.41) is 0.776. The summed E-state index contributed by atoms with van der Waals surface area (Å²) in [7, 11) is -1.10. The second-order valence-electron chi connectivity index (χ2n) is 5.30. The Morgan fingerprint density at radius 1 is 1.19 bits per heavy atom. The van der Waals surface area contributed by atoms with Gasteiger partial charge in [-0.1, -0.05) is 55.2 Å². The SMILES string of the molecule is C[Si](C)(C)/C=C/[C@H]1O[C@H]1c1ccc(Cl)cc1. The number of benzene rings is 1. The lowest BCUT2D eigenvalue weighted by Crippen LogP contribution is -2.15. The Balaban J connectivity index is 1.97. The molecule has 1 fully saturated rings. The van der Waals surface area contributed by atoms with Crippen LogP contribution < -0.4 is 0 Å². The van der Waals surface area contributed by atoms with Gasteiger partial charge < -0.3 is 4.74 Å². The minimum atomic E-state index is -1.10. The normalized spacial score (nSPS) is 25.0. The molecule has 0 aliphatic carbocycles. The van der Waals surface area contributed by atoms with Crippen molar-refractivity contribution in [2.45, 2.75) is 31.8 Å². The molecule has 3 heteroatoms. The van der Waals surface area contributed by atoms with Crippen LogP contribution in [0.15, 0.2) is 36.0 Å². The zero-order valence-corrected chi connectivity index (χ0v) is 11.7. The van der Waals surface area contributed by atoms with Crippen molar-refractivity contribution in [1.29, 1.82) is 0 Å². The fraction of sp³-hybridized carbons (Fsp3) is 0.385. The molecule has 2 rings (SSSR count). The van der Waals surface area contributed by atoms with Gasteiger partial charge in [0.05, 0.1) is 8.07 Å². The van der Waals surface area contributed by atoms with Gasteiger partial charge in [-0.3, -0.25) is 0 Å². The summed E-state index contributed by atoms with van der Waals surface area (Å²) < 4.78 is 5.63. The maximum atomic E-state index is 5.84. The highest BCUT2D eigenvalue weighted by Crippen LogP contribution is 2.40. The fourth-order valence-electron chi connectivity index (χ4n) is 1.57. The van der Waals surface area contributed by atoms with Gasteiger partial charge in [0.25, 0.3) is 0 Å². The second kappa shape index (κ2) is 4.36. The molecule has 0 bridgehead atoms. The number of ether oxygens (including phenoxy) is 1. The Bertz CT molecular complexity index is 391. The Hall–Kier alpha value is -0.573. The van der Waals surface area contributed by atoms with E-state index in [0.29, 0.717) is 0 Å². The van der Waals surface area contributed by atoms with Crippen LogP contribution in [0.5, 0.6) is 0 Å². The summed E-state index contributed by atoms with van der Waals surface area (Å²) >= 11 is 5.84. The van der Waals surface area contributed by atoms with Crippen molar-refractivity contribution in [2.24, 2.45) is 0 Å². The molecule has 0 saturated carbocycles. The molecule has 2 atom stereocenters. The van der Waals surface area contributed by atoms with Crippen molar-refractivity contribution in [1.82, 2.24) is 0 Å². The van der Waals surface area contributed by atoms with Crippen LogP contribution in [-0.4, -0.2) is 14.2 Å². The minimum absolute atomic E-state index is 0.241. The third-order valence-electron chi connectivity index (χ3n) is 2.51. The van der Waals surface area contributed by atoms with Crippen LogP contribution in [0.3, 0.4) is 0 Å². The highest BCUT2D eigenvalue weighted by Gasteiger charge is 2.37. The minimum Gasteiger partial charge on any atom is -0.360 e. The Labute approximate surface area is 103 Å². The molecule has 0 radical (unpaired) electrons. The number of halogens is 1. The molecule has 1 nitrogen and oxygen atoms in total. The zero-order chi connectivity index (χ0) is 11.8. The third kappa shape index (κ3) is 3.21. The van der Waals surface area contributed by atoms with E-state index >= 15 is 0 Å². The van der Waals surface area contributed by atoms with Crippen LogP contribution in [0.25, 0.3) is 0 Å². The molecule has 0 N–H and O–H groups in total. The number of hydrogen-bond acceptors (Lipinski definition) is 1. The molecule has 1 aliphatic rings. The van der Waals surface area contributed by atoms with Gasteiger partial charge in [0.1, 0.15) is 12.2 Å². The molecule has 1 aromatic carbocycles. The van der Waals surface area contributed by atoms with E-state index in [2.05, 4.69) is 31.4 Å². The summed E-state index contributed by atoms with van der Waals surface area (Å²) in [5.41, 5.74) is 3.56. The molecule has 86 valence electrons. The van der Waals surface area contributed by atoms with Crippen molar-refractivity contribution in [3.8, 4) is 0 Å². The fourth-order valence-corrected chi connectivity index (χ4v) is 2.47. The first-order valence-electron chi connectivity index (χ1n) is 5.56. The smallest absolute Gasteiger partial charge is 0.113 e. The van der Waals surface area contributed by atoms with Crippen LogP contribution in [0.2, 0.25) is 24.7 Å². The maximum absolute atomic E-state index is 5.84. The van der Waals surface area contributed by atoms with Crippen molar-refractivity contribution in [2.75, 3.05) is 0 Å². The van der Waals surface area contributed by atoms with Gasteiger partial charge in [0, 0.05) is 5.02 Å². The van der Waals surface area contributed by atoms with E-state index < -0.39 is 8.07 Å². The van der Waals surface area contributed by atoms with Gasteiger partial charge in [-0.2, -0.15) is 0 Å². The molecular formula is C13H17ClOSi. The van der Waals surface area contributed by atoms with Gasteiger partial charge in [0.2, 0.25) is 0 Å². The first-order valence-corrected chi connectivity index (χ1v) is 9.51. The van der Waals surface area contributed by atoms with E-state index in [1.807, 2.05) is 24.3 Å². The standard InChI is InChI=1S/C13H17ClOSi/c1-16(2,3)9-8-12-13(15-12)10-4-6-11(14)7-5-10/h4-9,12-13H,1-3H3/b9-8+/t12-,13+/m1/s1. The van der Waals surface area contributed by atoms with Crippen LogP contribution in [-0.2, 0) is 4.74 Å². The van der Waals surface area contributed by atoms with Crippen LogP contribution in [0.1, 0.15) is 11.7 Å². The predicted molar refractivity (Wildman–Crippen MR) is 71.6 cm³/mol. The molecule has 0 aromatic heterocycles. The topological polar surface area (TPSA) is 12.5 Å². The molecule has 1 heterocycles. The van der Waals surface area contributed by atoms with E-state index in [1.54, 1.807) is 0 Å². The zero-order valence-electron chi connectivity index (χ0n) is 9.91. The highest BCUT2D eigenvalue weighted by molar-refractivity contribution is 6.80. The Morgan fingerprint density at radius 3 is 2.38 bits per heavy atom. The average Bonchev–Trinajstić information content (AvgIpc) is 2.94. The molecule has 1 aliphatic heterocycles. The summed E-state index contributed by atoms with van der Waals surface area (Å²) in [4.78, 5) is 0. The number of hydrogen-bond donors (Lipinski definition) is 0. The largest absolute Gasteiger partial charge is 0.360 e. The van der Waals surface area contributed by atoms with Crippen molar-refractivity contribution >= 4 is 19.7 Å². The van der Waals surface area contributed by atoms with Crippen LogP contribution >= 0.6 is 11.6 Å². The summed E-state index contributed by atoms with van der Waals surface area (Å²) in [5.74, 6) is 0. The molecule has 1 saturated heterocycles. The monoisotopic (exact) mass is 252 g/mol. The van der Waals surface area contributed by atoms with Gasteiger partial charge in [-0.05, 0) is 17.7 Å². The quantitative estimate of drug-likeness (QED) is 0.580. The second-order valence-corrected chi connectivity index (χ2v) is 10.8. The van der Waals surface area contributed by atoms with Crippen molar-refractivity contribution in [3.63, 3.8) is 0 Å².